The molecule has 144 valence electrons. The van der Waals surface area contributed by atoms with E-state index in [0.29, 0.717) is 5.56 Å². The molecule has 1 aromatic heterocycles. The molecule has 1 unspecified atom stereocenters. The van der Waals surface area contributed by atoms with Crippen LogP contribution in [-0.4, -0.2) is 33.1 Å². The maximum atomic E-state index is 12.2. The van der Waals surface area contributed by atoms with Gasteiger partial charge in [0, 0.05) is 5.56 Å². The second kappa shape index (κ2) is 8.47. The third-order valence-electron chi connectivity index (χ3n) is 4.63. The normalized spacial score (nSPS) is 11.7. The van der Waals surface area contributed by atoms with Crippen molar-refractivity contribution in [1.82, 2.24) is 25.4 Å². The van der Waals surface area contributed by atoms with Crippen molar-refractivity contribution in [2.45, 2.75) is 26.8 Å². The number of hydrogen-bond donors (Lipinski definition) is 2. The predicted octanol–water partition coefficient (Wildman–Crippen LogP) is 2.49. The summed E-state index contributed by atoms with van der Waals surface area (Å²) in [4.78, 5) is 28.3. The number of benzene rings is 2. The topological polar surface area (TPSA) is 88.9 Å². The molecule has 2 N–H and O–H groups in total. The third-order valence-corrected chi connectivity index (χ3v) is 4.63. The van der Waals surface area contributed by atoms with Crippen molar-refractivity contribution in [1.29, 1.82) is 0 Å². The summed E-state index contributed by atoms with van der Waals surface area (Å²) >= 11 is 0. The highest BCUT2D eigenvalue weighted by Gasteiger charge is 2.12. The van der Waals surface area contributed by atoms with Crippen LogP contribution in [0.4, 0.5) is 0 Å². The smallest absolute Gasteiger partial charge is 0.251 e. The lowest BCUT2D eigenvalue weighted by Gasteiger charge is -2.15. The molecule has 1 atom stereocenters. The van der Waals surface area contributed by atoms with Gasteiger partial charge in [-0.1, -0.05) is 18.2 Å². The number of carbonyl (C=O) groups is 2. The Morgan fingerprint density at radius 2 is 1.82 bits per heavy atom. The van der Waals surface area contributed by atoms with Crippen molar-refractivity contribution in [3.05, 3.63) is 77.4 Å². The van der Waals surface area contributed by atoms with Crippen molar-refractivity contribution in [2.75, 3.05) is 6.54 Å². The summed E-state index contributed by atoms with van der Waals surface area (Å²) in [6, 6.07) is 13.0. The first kappa shape index (κ1) is 19.3. The van der Waals surface area contributed by atoms with Crippen molar-refractivity contribution in [3.8, 4) is 5.69 Å². The van der Waals surface area contributed by atoms with Crippen LogP contribution < -0.4 is 10.6 Å². The summed E-state index contributed by atoms with van der Waals surface area (Å²) in [6.07, 6.45) is 3.10. The average Bonchev–Trinajstić information content (AvgIpc) is 3.23. The minimum atomic E-state index is -0.261. The Morgan fingerprint density at radius 3 is 2.46 bits per heavy atom. The summed E-state index contributed by atoms with van der Waals surface area (Å²) in [5.41, 5.74) is 4.56. The van der Waals surface area contributed by atoms with Gasteiger partial charge in [-0.3, -0.25) is 9.59 Å². The van der Waals surface area contributed by atoms with E-state index >= 15 is 0 Å². The summed E-state index contributed by atoms with van der Waals surface area (Å²) in [6.45, 7) is 5.76. The molecule has 1 heterocycles. The standard InChI is InChI=1S/C21H23N5O2/c1-14-4-5-18(10-15(14)2)21(28)23-11-20(27)25-16(3)17-6-8-19(9-7-17)26-13-22-12-24-26/h4-10,12-13,16H,11H2,1-3H3,(H,23,28)(H,25,27). The number of aryl methyl sites for hydroxylation is 2. The molecular weight excluding hydrogens is 354 g/mol. The highest BCUT2D eigenvalue weighted by atomic mass is 16.2. The van der Waals surface area contributed by atoms with E-state index in [1.54, 1.807) is 17.1 Å². The Balaban J connectivity index is 1.52. The monoisotopic (exact) mass is 377 g/mol. The van der Waals surface area contributed by atoms with Gasteiger partial charge in [-0.05, 0) is 61.7 Å². The lowest BCUT2D eigenvalue weighted by atomic mass is 10.1. The quantitative estimate of drug-likeness (QED) is 0.691. The molecule has 3 rings (SSSR count). The first-order chi connectivity index (χ1) is 13.4. The average molecular weight is 377 g/mol. The van der Waals surface area contributed by atoms with Crippen LogP contribution in [0.3, 0.4) is 0 Å². The van der Waals surface area contributed by atoms with Gasteiger partial charge in [-0.25, -0.2) is 9.67 Å². The molecule has 0 aliphatic rings. The maximum Gasteiger partial charge on any atom is 0.251 e. The summed E-state index contributed by atoms with van der Waals surface area (Å²) in [5, 5.41) is 9.63. The molecule has 2 aromatic carbocycles. The van der Waals surface area contributed by atoms with E-state index in [1.165, 1.54) is 6.33 Å². The lowest BCUT2D eigenvalue weighted by molar-refractivity contribution is -0.120. The zero-order valence-corrected chi connectivity index (χ0v) is 16.1. The van der Waals surface area contributed by atoms with Crippen molar-refractivity contribution in [3.63, 3.8) is 0 Å². The Kier molecular flexibility index (Phi) is 5.84. The van der Waals surface area contributed by atoms with Crippen molar-refractivity contribution >= 4 is 11.8 Å². The fraction of sp³-hybridized carbons (Fsp3) is 0.238. The van der Waals surface area contributed by atoms with Gasteiger partial charge in [-0.15, -0.1) is 0 Å². The van der Waals surface area contributed by atoms with E-state index < -0.39 is 0 Å². The van der Waals surface area contributed by atoms with Crippen LogP contribution in [0, 0.1) is 13.8 Å². The molecular formula is C21H23N5O2. The van der Waals surface area contributed by atoms with Crippen molar-refractivity contribution in [2.24, 2.45) is 0 Å². The van der Waals surface area contributed by atoms with Crippen LogP contribution in [0.5, 0.6) is 0 Å². The summed E-state index contributed by atoms with van der Waals surface area (Å²) in [5.74, 6) is -0.506. The van der Waals surface area contributed by atoms with Gasteiger partial charge < -0.3 is 10.6 Å². The zero-order chi connectivity index (χ0) is 20.1. The minimum absolute atomic E-state index is 0.0763. The number of nitrogens with zero attached hydrogens (tertiary/aromatic N) is 3. The fourth-order valence-corrected chi connectivity index (χ4v) is 2.78. The highest BCUT2D eigenvalue weighted by molar-refractivity contribution is 5.96. The first-order valence-corrected chi connectivity index (χ1v) is 9.04. The predicted molar refractivity (Wildman–Crippen MR) is 106 cm³/mol. The lowest BCUT2D eigenvalue weighted by Crippen LogP contribution is -2.38. The van der Waals surface area contributed by atoms with Gasteiger partial charge in [0.1, 0.15) is 12.7 Å². The van der Waals surface area contributed by atoms with E-state index in [1.807, 2.05) is 57.2 Å². The van der Waals surface area contributed by atoms with Gasteiger partial charge >= 0.3 is 0 Å². The zero-order valence-electron chi connectivity index (χ0n) is 16.1. The molecule has 0 aliphatic carbocycles. The van der Waals surface area contributed by atoms with Crippen LogP contribution in [0.25, 0.3) is 5.69 Å². The van der Waals surface area contributed by atoms with E-state index in [2.05, 4.69) is 20.7 Å². The third kappa shape index (κ3) is 4.62. The second-order valence-corrected chi connectivity index (χ2v) is 6.70. The van der Waals surface area contributed by atoms with Gasteiger partial charge in [-0.2, -0.15) is 5.10 Å². The molecule has 0 bridgehead atoms. The minimum Gasteiger partial charge on any atom is -0.348 e. The van der Waals surface area contributed by atoms with E-state index in [0.717, 1.165) is 22.4 Å². The largest absolute Gasteiger partial charge is 0.348 e. The molecule has 2 amide bonds. The molecule has 3 aromatic rings. The van der Waals surface area contributed by atoms with E-state index in [9.17, 15) is 9.59 Å². The Bertz CT molecular complexity index is 965. The Labute approximate surface area is 163 Å². The Morgan fingerprint density at radius 1 is 1.07 bits per heavy atom. The number of nitrogens with one attached hydrogen (secondary N) is 2. The SMILES string of the molecule is Cc1ccc(C(=O)NCC(=O)NC(C)c2ccc(-n3cncn3)cc2)cc1C. The molecule has 0 radical (unpaired) electrons. The molecule has 28 heavy (non-hydrogen) atoms. The maximum absolute atomic E-state index is 12.2. The van der Waals surface area contributed by atoms with Crippen LogP contribution >= 0.6 is 0 Å². The van der Waals surface area contributed by atoms with Crippen LogP contribution in [-0.2, 0) is 4.79 Å². The molecule has 0 saturated heterocycles. The van der Waals surface area contributed by atoms with Gasteiger partial charge in [0.15, 0.2) is 0 Å². The number of carbonyl (C=O) groups excluding carboxylic acids is 2. The molecule has 0 spiro atoms. The number of amides is 2. The van der Waals surface area contributed by atoms with Crippen LogP contribution in [0.2, 0.25) is 0 Å². The second-order valence-electron chi connectivity index (χ2n) is 6.70. The molecule has 0 saturated carbocycles. The summed E-state index contributed by atoms with van der Waals surface area (Å²) in [7, 11) is 0. The van der Waals surface area contributed by atoms with Crippen molar-refractivity contribution < 1.29 is 9.59 Å². The molecule has 7 nitrogen and oxygen atoms in total. The highest BCUT2D eigenvalue weighted by Crippen LogP contribution is 2.15. The number of aromatic nitrogens is 3. The Hall–Kier alpha value is -3.48. The molecule has 7 heteroatoms. The summed E-state index contributed by atoms with van der Waals surface area (Å²) < 4.78 is 1.66. The molecule has 0 aliphatic heterocycles. The van der Waals surface area contributed by atoms with Gasteiger partial charge in [0.05, 0.1) is 18.3 Å². The van der Waals surface area contributed by atoms with E-state index in [-0.39, 0.29) is 24.4 Å². The van der Waals surface area contributed by atoms with Crippen LogP contribution in [0.1, 0.15) is 40.0 Å². The molecule has 0 fully saturated rings. The number of hydrogen-bond acceptors (Lipinski definition) is 4. The van der Waals surface area contributed by atoms with Gasteiger partial charge in [0.2, 0.25) is 5.91 Å². The van der Waals surface area contributed by atoms with Gasteiger partial charge in [0.25, 0.3) is 5.91 Å². The fourth-order valence-electron chi connectivity index (χ4n) is 2.78. The van der Waals surface area contributed by atoms with Crippen LogP contribution in [0.15, 0.2) is 55.1 Å². The van der Waals surface area contributed by atoms with E-state index in [4.69, 9.17) is 0 Å². The first-order valence-electron chi connectivity index (χ1n) is 9.04. The number of rotatable bonds is 6.